The highest BCUT2D eigenvalue weighted by molar-refractivity contribution is 7.99. The largest absolute Gasteiger partial charge is 0.396 e. The van der Waals surface area contributed by atoms with E-state index in [9.17, 15) is 8.42 Å². The Morgan fingerprint density at radius 2 is 2.08 bits per heavy atom. The first-order valence-electron chi connectivity index (χ1n) is 3.84. The number of aliphatic hydroxyl groups excluding tert-OH is 1. The van der Waals surface area contributed by atoms with Gasteiger partial charge in [-0.25, -0.2) is 13.1 Å². The third-order valence-corrected chi connectivity index (χ3v) is 4.02. The van der Waals surface area contributed by atoms with E-state index in [1.807, 2.05) is 0 Å². The van der Waals surface area contributed by atoms with Gasteiger partial charge < -0.3 is 5.11 Å². The molecule has 0 fully saturated rings. The number of nitrogens with one attached hydrogen (secondary N) is 1. The maximum Gasteiger partial charge on any atom is 0.225 e. The van der Waals surface area contributed by atoms with Crippen LogP contribution in [0.2, 0.25) is 0 Å². The molecule has 2 N–H and O–H groups in total. The lowest BCUT2D eigenvalue weighted by molar-refractivity contribution is 0.296. The number of aliphatic hydroxyl groups is 1. The molecule has 0 rings (SSSR count). The van der Waals surface area contributed by atoms with Gasteiger partial charge in [-0.1, -0.05) is 0 Å². The van der Waals surface area contributed by atoms with Crippen LogP contribution in [0.5, 0.6) is 0 Å². The third kappa shape index (κ3) is 8.83. The molecule has 0 bridgehead atoms. The SMILES string of the molecule is O=S(=O)(CCl)NCCSCCCO. The lowest BCUT2D eigenvalue weighted by atomic mass is 10.5. The molecule has 0 aliphatic heterocycles. The maximum atomic E-state index is 10.8. The average Bonchev–Trinajstić information content (AvgIpc) is 2.11. The molecule has 0 atom stereocenters. The predicted octanol–water partition coefficient (Wildman–Crippen LogP) is 0.218. The number of hydrogen-bond acceptors (Lipinski definition) is 4. The molecule has 0 amide bonds. The van der Waals surface area contributed by atoms with Crippen molar-refractivity contribution in [2.45, 2.75) is 6.42 Å². The molecule has 0 aromatic heterocycles. The summed E-state index contributed by atoms with van der Waals surface area (Å²) in [4.78, 5) is 0. The Hall–Kier alpha value is 0.510. The Morgan fingerprint density at radius 1 is 1.38 bits per heavy atom. The van der Waals surface area contributed by atoms with E-state index in [0.29, 0.717) is 12.3 Å². The highest BCUT2D eigenvalue weighted by Gasteiger charge is 2.05. The molecule has 4 nitrogen and oxygen atoms in total. The molecule has 0 aromatic rings. The first-order valence-corrected chi connectivity index (χ1v) is 7.18. The average molecular weight is 248 g/mol. The van der Waals surface area contributed by atoms with Gasteiger partial charge >= 0.3 is 0 Å². The van der Waals surface area contributed by atoms with Crippen molar-refractivity contribution >= 4 is 33.4 Å². The van der Waals surface area contributed by atoms with Crippen molar-refractivity contribution < 1.29 is 13.5 Å². The molecular weight excluding hydrogens is 234 g/mol. The Labute approximate surface area is 88.1 Å². The second-order valence-corrected chi connectivity index (χ2v) is 5.92. The molecule has 0 aromatic carbocycles. The fourth-order valence-corrected chi connectivity index (χ4v) is 2.21. The summed E-state index contributed by atoms with van der Waals surface area (Å²) in [6.07, 6.45) is 0.743. The van der Waals surface area contributed by atoms with Crippen LogP contribution in [0.3, 0.4) is 0 Å². The molecule has 13 heavy (non-hydrogen) atoms. The maximum absolute atomic E-state index is 10.8. The number of halogens is 1. The van der Waals surface area contributed by atoms with Gasteiger partial charge in [-0.15, -0.1) is 11.6 Å². The summed E-state index contributed by atoms with van der Waals surface area (Å²) in [5, 5.41) is 8.05. The van der Waals surface area contributed by atoms with Gasteiger partial charge in [0.1, 0.15) is 5.21 Å². The molecule has 0 spiro atoms. The predicted molar refractivity (Wildman–Crippen MR) is 56.7 cm³/mol. The Kier molecular flexibility index (Phi) is 8.18. The van der Waals surface area contributed by atoms with E-state index in [2.05, 4.69) is 4.72 Å². The zero-order valence-corrected chi connectivity index (χ0v) is 9.59. The summed E-state index contributed by atoms with van der Waals surface area (Å²) in [7, 11) is -3.26. The van der Waals surface area contributed by atoms with Gasteiger partial charge in [-0.2, -0.15) is 11.8 Å². The standard InChI is InChI=1S/C6H14ClNO3S2/c7-6-13(10,11)8-2-5-12-4-1-3-9/h8-9H,1-6H2. The number of rotatable bonds is 8. The second kappa shape index (κ2) is 7.87. The molecular formula is C6H14ClNO3S2. The van der Waals surface area contributed by atoms with Gasteiger partial charge in [0.05, 0.1) is 0 Å². The van der Waals surface area contributed by atoms with Crippen molar-refractivity contribution in [1.82, 2.24) is 4.72 Å². The number of hydrogen-bond donors (Lipinski definition) is 2. The van der Waals surface area contributed by atoms with Crippen LogP contribution in [0.15, 0.2) is 0 Å². The summed E-state index contributed by atoms with van der Waals surface area (Å²) < 4.78 is 23.9. The van der Waals surface area contributed by atoms with Crippen molar-refractivity contribution in [2.24, 2.45) is 0 Å². The van der Waals surface area contributed by atoms with Crippen molar-refractivity contribution in [3.05, 3.63) is 0 Å². The minimum atomic E-state index is -3.26. The third-order valence-electron chi connectivity index (χ3n) is 1.16. The second-order valence-electron chi connectivity index (χ2n) is 2.31. The number of thioether (sulfide) groups is 1. The molecule has 0 unspecified atom stereocenters. The summed E-state index contributed by atoms with van der Waals surface area (Å²) in [5.74, 6) is 1.55. The van der Waals surface area contributed by atoms with E-state index < -0.39 is 15.2 Å². The summed E-state index contributed by atoms with van der Waals surface area (Å²) in [5.41, 5.74) is 0. The molecule has 0 aliphatic carbocycles. The van der Waals surface area contributed by atoms with E-state index in [1.165, 1.54) is 0 Å². The summed E-state index contributed by atoms with van der Waals surface area (Å²) >= 11 is 6.76. The van der Waals surface area contributed by atoms with Crippen LogP contribution >= 0.6 is 23.4 Å². The van der Waals surface area contributed by atoms with Gasteiger partial charge in [-0.05, 0) is 12.2 Å². The van der Waals surface area contributed by atoms with E-state index in [4.69, 9.17) is 16.7 Å². The van der Waals surface area contributed by atoms with Crippen molar-refractivity contribution in [3.8, 4) is 0 Å². The van der Waals surface area contributed by atoms with Crippen LogP contribution < -0.4 is 4.72 Å². The normalized spacial score (nSPS) is 11.8. The molecule has 0 aliphatic rings. The first kappa shape index (κ1) is 13.5. The quantitative estimate of drug-likeness (QED) is 0.476. The molecule has 0 radical (unpaired) electrons. The minimum absolute atomic E-state index is 0.181. The van der Waals surface area contributed by atoms with Gasteiger partial charge in [0, 0.05) is 18.9 Å². The van der Waals surface area contributed by atoms with E-state index in [1.54, 1.807) is 11.8 Å². The Balaban J connectivity index is 3.26. The van der Waals surface area contributed by atoms with Gasteiger partial charge in [0.2, 0.25) is 10.0 Å². The molecule has 0 heterocycles. The zero-order valence-electron chi connectivity index (χ0n) is 7.20. The summed E-state index contributed by atoms with van der Waals surface area (Å²) in [6.45, 7) is 0.575. The zero-order chi connectivity index (χ0) is 10.2. The lowest BCUT2D eigenvalue weighted by Gasteiger charge is -2.02. The number of sulfonamides is 1. The van der Waals surface area contributed by atoms with E-state index in [-0.39, 0.29) is 6.61 Å². The molecule has 80 valence electrons. The highest BCUT2D eigenvalue weighted by atomic mass is 35.5. The highest BCUT2D eigenvalue weighted by Crippen LogP contribution is 2.00. The topological polar surface area (TPSA) is 66.4 Å². The molecule has 7 heteroatoms. The van der Waals surface area contributed by atoms with Crippen molar-refractivity contribution in [3.63, 3.8) is 0 Å². The van der Waals surface area contributed by atoms with Crippen LogP contribution in [-0.4, -0.2) is 43.4 Å². The van der Waals surface area contributed by atoms with Crippen LogP contribution in [0.1, 0.15) is 6.42 Å². The molecule has 0 saturated carbocycles. The van der Waals surface area contributed by atoms with E-state index >= 15 is 0 Å². The monoisotopic (exact) mass is 247 g/mol. The fourth-order valence-electron chi connectivity index (χ4n) is 0.577. The number of alkyl halides is 1. The van der Waals surface area contributed by atoms with Crippen molar-refractivity contribution in [2.75, 3.05) is 29.9 Å². The van der Waals surface area contributed by atoms with E-state index in [0.717, 1.165) is 12.2 Å². The Morgan fingerprint density at radius 3 is 2.62 bits per heavy atom. The van der Waals surface area contributed by atoms with Crippen LogP contribution in [0.4, 0.5) is 0 Å². The first-order chi connectivity index (χ1) is 6.12. The lowest BCUT2D eigenvalue weighted by Crippen LogP contribution is -2.26. The van der Waals surface area contributed by atoms with Gasteiger partial charge in [-0.3, -0.25) is 0 Å². The summed E-state index contributed by atoms with van der Waals surface area (Å²) in [6, 6.07) is 0. The van der Waals surface area contributed by atoms with Crippen LogP contribution in [-0.2, 0) is 10.0 Å². The van der Waals surface area contributed by atoms with Crippen LogP contribution in [0, 0.1) is 0 Å². The smallest absolute Gasteiger partial charge is 0.225 e. The van der Waals surface area contributed by atoms with Gasteiger partial charge in [0.15, 0.2) is 0 Å². The fraction of sp³-hybridized carbons (Fsp3) is 1.00. The van der Waals surface area contributed by atoms with Crippen molar-refractivity contribution in [1.29, 1.82) is 0 Å². The van der Waals surface area contributed by atoms with Crippen LogP contribution in [0.25, 0.3) is 0 Å². The molecule has 0 saturated heterocycles. The minimum Gasteiger partial charge on any atom is -0.396 e. The van der Waals surface area contributed by atoms with Gasteiger partial charge in [0.25, 0.3) is 0 Å². The Bertz CT molecular complexity index is 208.